The van der Waals surface area contributed by atoms with Crippen LogP contribution in [0.2, 0.25) is 0 Å². The van der Waals surface area contributed by atoms with Crippen molar-refractivity contribution in [3.05, 3.63) is 36.2 Å². The second-order valence-electron chi connectivity index (χ2n) is 8.40. The SMILES string of the molecule is COc1ccc(-n2cc(CNC(=S)[C@H](CC(C)C)NC(=O)OC(C)(C)C)nn2)cc1. The first-order valence-electron chi connectivity index (χ1n) is 9.90. The van der Waals surface area contributed by atoms with E-state index >= 15 is 0 Å². The molecule has 0 fully saturated rings. The van der Waals surface area contributed by atoms with Crippen molar-refractivity contribution in [3.63, 3.8) is 0 Å². The van der Waals surface area contributed by atoms with Gasteiger partial charge in [0.05, 0.1) is 36.6 Å². The van der Waals surface area contributed by atoms with Gasteiger partial charge in [-0.05, 0) is 57.4 Å². The lowest BCUT2D eigenvalue weighted by atomic mass is 10.0. The topological polar surface area (TPSA) is 90.3 Å². The summed E-state index contributed by atoms with van der Waals surface area (Å²) >= 11 is 5.53. The van der Waals surface area contributed by atoms with Crippen LogP contribution in [-0.4, -0.2) is 44.8 Å². The monoisotopic (exact) mass is 433 g/mol. The molecule has 0 aliphatic rings. The average Bonchev–Trinajstić information content (AvgIpc) is 3.12. The van der Waals surface area contributed by atoms with Crippen molar-refractivity contribution in [3.8, 4) is 11.4 Å². The molecule has 0 spiro atoms. The molecule has 2 aromatic rings. The Morgan fingerprint density at radius 2 is 1.90 bits per heavy atom. The fourth-order valence-corrected chi connectivity index (χ4v) is 2.92. The van der Waals surface area contributed by atoms with Gasteiger partial charge in [-0.2, -0.15) is 0 Å². The normalized spacial score (nSPS) is 12.4. The van der Waals surface area contributed by atoms with Crippen molar-refractivity contribution in [2.75, 3.05) is 7.11 Å². The van der Waals surface area contributed by atoms with E-state index in [4.69, 9.17) is 21.7 Å². The maximum absolute atomic E-state index is 12.2. The quantitative estimate of drug-likeness (QED) is 0.614. The summed E-state index contributed by atoms with van der Waals surface area (Å²) in [6, 6.07) is 7.20. The van der Waals surface area contributed by atoms with Gasteiger partial charge < -0.3 is 20.1 Å². The third kappa shape index (κ3) is 7.62. The Balaban J connectivity index is 1.97. The van der Waals surface area contributed by atoms with Crippen LogP contribution in [0.3, 0.4) is 0 Å². The van der Waals surface area contributed by atoms with E-state index in [0.717, 1.165) is 17.1 Å². The summed E-state index contributed by atoms with van der Waals surface area (Å²) in [4.78, 5) is 12.7. The van der Waals surface area contributed by atoms with E-state index in [1.807, 2.05) is 51.2 Å². The predicted octanol–water partition coefficient (Wildman–Crippen LogP) is 3.63. The van der Waals surface area contributed by atoms with Crippen molar-refractivity contribution in [1.29, 1.82) is 0 Å². The van der Waals surface area contributed by atoms with Crippen molar-refractivity contribution in [2.45, 2.75) is 59.2 Å². The molecule has 0 bridgehead atoms. The molecule has 2 N–H and O–H groups in total. The maximum Gasteiger partial charge on any atom is 0.408 e. The number of carbonyl (C=O) groups is 1. The van der Waals surface area contributed by atoms with E-state index in [2.05, 4.69) is 34.8 Å². The minimum atomic E-state index is -0.568. The van der Waals surface area contributed by atoms with E-state index in [9.17, 15) is 4.79 Å². The van der Waals surface area contributed by atoms with Crippen LogP contribution in [0, 0.1) is 5.92 Å². The van der Waals surface area contributed by atoms with Gasteiger partial charge in [0.25, 0.3) is 0 Å². The lowest BCUT2D eigenvalue weighted by Gasteiger charge is -2.25. The number of thiocarbonyl (C=S) groups is 1. The van der Waals surface area contributed by atoms with Crippen molar-refractivity contribution < 1.29 is 14.3 Å². The molecule has 1 aromatic heterocycles. The van der Waals surface area contributed by atoms with Crippen LogP contribution in [0.15, 0.2) is 30.5 Å². The minimum Gasteiger partial charge on any atom is -0.497 e. The first-order chi connectivity index (χ1) is 14.1. The Morgan fingerprint density at radius 1 is 1.23 bits per heavy atom. The number of nitrogens with one attached hydrogen (secondary N) is 2. The standard InChI is InChI=1S/C21H31N5O3S/c1-14(2)11-18(23-20(27)29-21(3,4)5)19(30)22-12-15-13-26(25-24-15)16-7-9-17(28-6)10-8-16/h7-10,13-14,18H,11-12H2,1-6H3,(H,22,30)(H,23,27)/t18-/m0/s1. The van der Waals surface area contributed by atoms with Crippen LogP contribution in [0.4, 0.5) is 4.79 Å². The number of nitrogens with zero attached hydrogens (tertiary/aromatic N) is 3. The van der Waals surface area contributed by atoms with Gasteiger partial charge in [0.1, 0.15) is 17.0 Å². The number of methoxy groups -OCH3 is 1. The molecule has 30 heavy (non-hydrogen) atoms. The summed E-state index contributed by atoms with van der Waals surface area (Å²) in [7, 11) is 1.63. The minimum absolute atomic E-state index is 0.327. The van der Waals surface area contributed by atoms with Crippen LogP contribution in [0.25, 0.3) is 5.69 Å². The lowest BCUT2D eigenvalue weighted by molar-refractivity contribution is 0.0514. The summed E-state index contributed by atoms with van der Waals surface area (Å²) in [6.07, 6.45) is 2.04. The first kappa shape index (κ1) is 23.6. The Labute approximate surface area is 183 Å². The van der Waals surface area contributed by atoms with Crippen molar-refractivity contribution in [2.24, 2.45) is 5.92 Å². The van der Waals surface area contributed by atoms with Gasteiger partial charge in [0.15, 0.2) is 0 Å². The third-order valence-electron chi connectivity index (χ3n) is 4.04. The number of alkyl carbamates (subject to hydrolysis) is 1. The third-order valence-corrected chi connectivity index (χ3v) is 4.46. The summed E-state index contributed by atoms with van der Waals surface area (Å²) in [5.74, 6) is 1.13. The smallest absolute Gasteiger partial charge is 0.408 e. The predicted molar refractivity (Wildman–Crippen MR) is 120 cm³/mol. The van der Waals surface area contributed by atoms with Gasteiger partial charge in [-0.15, -0.1) is 5.10 Å². The largest absolute Gasteiger partial charge is 0.497 e. The zero-order valence-corrected chi connectivity index (χ0v) is 19.2. The average molecular weight is 434 g/mol. The molecule has 9 heteroatoms. The molecule has 1 atom stereocenters. The van der Waals surface area contributed by atoms with E-state index in [1.54, 1.807) is 11.8 Å². The molecule has 8 nitrogen and oxygen atoms in total. The lowest BCUT2D eigenvalue weighted by Crippen LogP contribution is -2.47. The number of benzene rings is 1. The van der Waals surface area contributed by atoms with Crippen LogP contribution >= 0.6 is 12.2 Å². The van der Waals surface area contributed by atoms with E-state index < -0.39 is 11.7 Å². The molecule has 0 saturated heterocycles. The second-order valence-corrected chi connectivity index (χ2v) is 8.84. The van der Waals surface area contributed by atoms with Crippen LogP contribution in [-0.2, 0) is 11.3 Å². The zero-order valence-electron chi connectivity index (χ0n) is 18.4. The fraction of sp³-hybridized carbons (Fsp3) is 0.524. The number of rotatable bonds is 8. The molecule has 0 radical (unpaired) electrons. The molecule has 1 amide bonds. The molecule has 0 unspecified atom stereocenters. The van der Waals surface area contributed by atoms with Crippen LogP contribution < -0.4 is 15.4 Å². The van der Waals surface area contributed by atoms with E-state index in [1.165, 1.54) is 0 Å². The zero-order chi connectivity index (χ0) is 22.3. The second kappa shape index (κ2) is 10.4. The Bertz CT molecular complexity index is 843. The molecule has 2 rings (SSSR count). The number of hydrogen-bond donors (Lipinski definition) is 2. The van der Waals surface area contributed by atoms with E-state index in [0.29, 0.717) is 23.9 Å². The molecule has 1 heterocycles. The molecule has 164 valence electrons. The number of hydrogen-bond acceptors (Lipinski definition) is 6. The highest BCUT2D eigenvalue weighted by atomic mass is 32.1. The molecule has 0 aliphatic heterocycles. The maximum atomic E-state index is 12.2. The van der Waals surface area contributed by atoms with E-state index in [-0.39, 0.29) is 6.04 Å². The molecular formula is C21H31N5O3S. The fourth-order valence-electron chi connectivity index (χ4n) is 2.69. The van der Waals surface area contributed by atoms with Gasteiger partial charge >= 0.3 is 6.09 Å². The highest BCUT2D eigenvalue weighted by molar-refractivity contribution is 7.80. The summed E-state index contributed by atoms with van der Waals surface area (Å²) in [6.45, 7) is 10.0. The van der Waals surface area contributed by atoms with Gasteiger partial charge in [-0.3, -0.25) is 0 Å². The Morgan fingerprint density at radius 3 is 2.47 bits per heavy atom. The Hall–Kier alpha value is -2.68. The van der Waals surface area contributed by atoms with Gasteiger partial charge in [0.2, 0.25) is 0 Å². The number of ether oxygens (including phenoxy) is 2. The molecule has 0 saturated carbocycles. The number of carbonyl (C=O) groups excluding carboxylic acids is 1. The summed E-state index contributed by atoms with van der Waals surface area (Å²) in [5, 5.41) is 14.4. The summed E-state index contributed by atoms with van der Waals surface area (Å²) < 4.78 is 12.2. The summed E-state index contributed by atoms with van der Waals surface area (Å²) in [5.41, 5.74) is 1.04. The van der Waals surface area contributed by atoms with Crippen molar-refractivity contribution in [1.82, 2.24) is 25.6 Å². The molecule has 1 aromatic carbocycles. The number of amides is 1. The first-order valence-corrected chi connectivity index (χ1v) is 10.3. The number of aromatic nitrogens is 3. The van der Waals surface area contributed by atoms with Gasteiger partial charge in [-0.25, -0.2) is 9.48 Å². The molecular weight excluding hydrogens is 402 g/mol. The van der Waals surface area contributed by atoms with Crippen LogP contribution in [0.5, 0.6) is 5.75 Å². The highest BCUT2D eigenvalue weighted by Crippen LogP contribution is 2.14. The highest BCUT2D eigenvalue weighted by Gasteiger charge is 2.23. The van der Waals surface area contributed by atoms with Gasteiger partial charge in [-0.1, -0.05) is 31.3 Å². The Kier molecular flexibility index (Phi) is 8.16. The molecule has 0 aliphatic carbocycles. The van der Waals surface area contributed by atoms with Crippen LogP contribution in [0.1, 0.15) is 46.7 Å². The van der Waals surface area contributed by atoms with Gasteiger partial charge in [0, 0.05) is 0 Å². The van der Waals surface area contributed by atoms with Crippen molar-refractivity contribution >= 4 is 23.3 Å².